The Morgan fingerprint density at radius 1 is 1.19 bits per heavy atom. The van der Waals surface area contributed by atoms with Gasteiger partial charge in [-0.25, -0.2) is 4.39 Å². The molecule has 7 heteroatoms. The van der Waals surface area contributed by atoms with Crippen molar-refractivity contribution in [2.45, 2.75) is 18.9 Å². The summed E-state index contributed by atoms with van der Waals surface area (Å²) in [4.78, 5) is 14.8. The summed E-state index contributed by atoms with van der Waals surface area (Å²) in [6, 6.07) is 9.42. The van der Waals surface area contributed by atoms with E-state index < -0.39 is 0 Å². The third-order valence-corrected chi connectivity index (χ3v) is 5.33. The number of carbonyl (C=O) groups is 1. The molecule has 1 atom stereocenters. The zero-order valence-corrected chi connectivity index (χ0v) is 15.5. The van der Waals surface area contributed by atoms with Crippen LogP contribution in [-0.4, -0.2) is 37.2 Å². The first kappa shape index (κ1) is 18.1. The molecule has 1 fully saturated rings. The predicted molar refractivity (Wildman–Crippen MR) is 99.9 cm³/mol. The van der Waals surface area contributed by atoms with E-state index in [0.29, 0.717) is 27.6 Å². The highest BCUT2D eigenvalue weighted by atomic mass is 35.5. The van der Waals surface area contributed by atoms with E-state index in [-0.39, 0.29) is 31.1 Å². The molecule has 1 N–H and O–H groups in total. The van der Waals surface area contributed by atoms with E-state index in [1.54, 1.807) is 30.3 Å². The first-order valence-corrected chi connectivity index (χ1v) is 9.37. The minimum atomic E-state index is -0.350. The molecule has 1 saturated heterocycles. The van der Waals surface area contributed by atoms with Gasteiger partial charge < -0.3 is 14.8 Å². The van der Waals surface area contributed by atoms with E-state index >= 15 is 0 Å². The van der Waals surface area contributed by atoms with Gasteiger partial charge in [-0.2, -0.15) is 0 Å². The van der Waals surface area contributed by atoms with Crippen LogP contribution >= 0.6 is 11.6 Å². The van der Waals surface area contributed by atoms with Gasteiger partial charge in [-0.15, -0.1) is 0 Å². The van der Waals surface area contributed by atoms with Gasteiger partial charge in [0.25, 0.3) is 5.91 Å². The van der Waals surface area contributed by atoms with Crippen LogP contribution < -0.4 is 14.8 Å². The highest BCUT2D eigenvalue weighted by molar-refractivity contribution is 6.31. The second kappa shape index (κ2) is 7.74. The maximum Gasteiger partial charge on any atom is 0.251 e. The molecule has 5 nitrogen and oxygen atoms in total. The molecule has 4 rings (SSSR count). The van der Waals surface area contributed by atoms with Crippen molar-refractivity contribution in [3.05, 3.63) is 58.4 Å². The number of hydrogen-bond acceptors (Lipinski definition) is 4. The smallest absolute Gasteiger partial charge is 0.251 e. The monoisotopic (exact) mass is 390 g/mol. The molecule has 2 aromatic rings. The van der Waals surface area contributed by atoms with Gasteiger partial charge >= 0.3 is 0 Å². The van der Waals surface area contributed by atoms with E-state index in [0.717, 1.165) is 25.9 Å². The quantitative estimate of drug-likeness (QED) is 0.844. The van der Waals surface area contributed by atoms with Crippen molar-refractivity contribution in [2.75, 3.05) is 26.4 Å². The highest BCUT2D eigenvalue weighted by Crippen LogP contribution is 2.33. The summed E-state index contributed by atoms with van der Waals surface area (Å²) in [5.74, 6) is 0.581. The molecule has 1 unspecified atom stereocenters. The normalized spacial score (nSPS) is 17.1. The van der Waals surface area contributed by atoms with Crippen LogP contribution in [0.1, 0.15) is 34.8 Å². The Morgan fingerprint density at radius 2 is 1.96 bits per heavy atom. The molecule has 2 aliphatic rings. The third kappa shape index (κ3) is 3.73. The summed E-state index contributed by atoms with van der Waals surface area (Å²) in [6.07, 6.45) is 2.11. The second-order valence-electron chi connectivity index (χ2n) is 6.67. The summed E-state index contributed by atoms with van der Waals surface area (Å²) in [6.45, 7) is 2.14. The van der Waals surface area contributed by atoms with Crippen LogP contribution in [0.5, 0.6) is 11.5 Å². The topological polar surface area (TPSA) is 50.8 Å². The SMILES string of the molecule is O=C(NCC(c1c(F)cccc1Cl)N1CCCC1)c1ccc2c(c1)OCO2. The molecular formula is C20H20ClFN2O3. The minimum absolute atomic E-state index is 0.156. The fourth-order valence-electron chi connectivity index (χ4n) is 3.63. The van der Waals surface area contributed by atoms with Crippen molar-refractivity contribution in [1.82, 2.24) is 10.2 Å². The van der Waals surface area contributed by atoms with Crippen molar-refractivity contribution in [3.63, 3.8) is 0 Å². The molecule has 0 bridgehead atoms. The number of likely N-dealkylation sites (tertiary alicyclic amines) is 1. The Hall–Kier alpha value is -2.31. The standard InChI is InChI=1S/C20H20ClFN2O3/c21-14-4-3-5-15(22)19(14)16(24-8-1-2-9-24)11-23-20(25)13-6-7-17-18(10-13)27-12-26-17/h3-7,10,16H,1-2,8-9,11-12H2,(H,23,25). The number of benzene rings is 2. The Labute approximate surface area is 162 Å². The lowest BCUT2D eigenvalue weighted by Gasteiger charge is -2.29. The van der Waals surface area contributed by atoms with E-state index in [1.807, 2.05) is 0 Å². The van der Waals surface area contributed by atoms with E-state index in [2.05, 4.69) is 10.2 Å². The van der Waals surface area contributed by atoms with E-state index in [9.17, 15) is 9.18 Å². The Kier molecular flexibility index (Phi) is 5.18. The Morgan fingerprint density at radius 3 is 2.74 bits per heavy atom. The molecule has 2 heterocycles. The first-order valence-electron chi connectivity index (χ1n) is 8.99. The maximum absolute atomic E-state index is 14.5. The van der Waals surface area contributed by atoms with Gasteiger partial charge in [0.15, 0.2) is 11.5 Å². The lowest BCUT2D eigenvalue weighted by Crippen LogP contribution is -2.37. The third-order valence-electron chi connectivity index (χ3n) is 5.01. The van der Waals surface area contributed by atoms with E-state index in [1.165, 1.54) is 6.07 Å². The maximum atomic E-state index is 14.5. The Balaban J connectivity index is 1.53. The average Bonchev–Trinajstić information content (AvgIpc) is 3.34. The number of fused-ring (bicyclic) bond motifs is 1. The molecule has 0 aromatic heterocycles. The number of halogens is 2. The van der Waals surface area contributed by atoms with Crippen molar-refractivity contribution < 1.29 is 18.7 Å². The van der Waals surface area contributed by atoms with Crippen molar-refractivity contribution >= 4 is 17.5 Å². The number of hydrogen-bond donors (Lipinski definition) is 1. The molecule has 1 amide bonds. The highest BCUT2D eigenvalue weighted by Gasteiger charge is 2.28. The molecule has 0 spiro atoms. The fraction of sp³-hybridized carbons (Fsp3) is 0.350. The van der Waals surface area contributed by atoms with Crippen LogP contribution in [0.2, 0.25) is 5.02 Å². The van der Waals surface area contributed by atoms with Gasteiger partial charge in [0.2, 0.25) is 6.79 Å². The van der Waals surface area contributed by atoms with Crippen LogP contribution in [0, 0.1) is 5.82 Å². The van der Waals surface area contributed by atoms with Gasteiger partial charge in [-0.3, -0.25) is 9.69 Å². The number of rotatable bonds is 5. The summed E-state index contributed by atoms with van der Waals surface area (Å²) in [5.41, 5.74) is 0.908. The summed E-state index contributed by atoms with van der Waals surface area (Å²) >= 11 is 6.29. The zero-order chi connectivity index (χ0) is 18.8. The summed E-state index contributed by atoms with van der Waals surface area (Å²) in [5, 5.41) is 3.30. The zero-order valence-electron chi connectivity index (χ0n) is 14.7. The number of ether oxygens (including phenoxy) is 2. The molecule has 27 heavy (non-hydrogen) atoms. The van der Waals surface area contributed by atoms with Gasteiger partial charge in [0, 0.05) is 22.7 Å². The van der Waals surface area contributed by atoms with Crippen molar-refractivity contribution in [3.8, 4) is 11.5 Å². The lowest BCUT2D eigenvalue weighted by atomic mass is 10.0. The van der Waals surface area contributed by atoms with Crippen LogP contribution in [-0.2, 0) is 0 Å². The average molecular weight is 391 g/mol. The molecule has 142 valence electrons. The largest absolute Gasteiger partial charge is 0.454 e. The van der Waals surface area contributed by atoms with Gasteiger partial charge in [-0.05, 0) is 56.3 Å². The van der Waals surface area contributed by atoms with Crippen LogP contribution in [0.4, 0.5) is 4.39 Å². The van der Waals surface area contributed by atoms with Gasteiger partial charge in [0.05, 0.1) is 6.04 Å². The Bertz CT molecular complexity index is 835. The van der Waals surface area contributed by atoms with Gasteiger partial charge in [0.1, 0.15) is 5.82 Å². The number of nitrogens with one attached hydrogen (secondary N) is 1. The second-order valence-corrected chi connectivity index (χ2v) is 7.08. The molecular weight excluding hydrogens is 371 g/mol. The van der Waals surface area contributed by atoms with Crippen LogP contribution in [0.15, 0.2) is 36.4 Å². The number of carbonyl (C=O) groups excluding carboxylic acids is 1. The van der Waals surface area contributed by atoms with Crippen molar-refractivity contribution in [2.24, 2.45) is 0 Å². The summed E-state index contributed by atoms with van der Waals surface area (Å²) < 4.78 is 25.1. The van der Waals surface area contributed by atoms with Crippen LogP contribution in [0.3, 0.4) is 0 Å². The molecule has 0 saturated carbocycles. The molecule has 2 aromatic carbocycles. The fourth-order valence-corrected chi connectivity index (χ4v) is 3.91. The van der Waals surface area contributed by atoms with Gasteiger partial charge in [-0.1, -0.05) is 17.7 Å². The number of amides is 1. The lowest BCUT2D eigenvalue weighted by molar-refractivity contribution is 0.0936. The first-order chi connectivity index (χ1) is 13.1. The summed E-state index contributed by atoms with van der Waals surface area (Å²) in [7, 11) is 0. The molecule has 0 radical (unpaired) electrons. The van der Waals surface area contributed by atoms with Crippen molar-refractivity contribution in [1.29, 1.82) is 0 Å². The number of nitrogens with zero attached hydrogens (tertiary/aromatic N) is 1. The predicted octanol–water partition coefficient (Wildman–Crippen LogP) is 3.77. The molecule has 2 aliphatic heterocycles. The van der Waals surface area contributed by atoms with Crippen LogP contribution in [0.25, 0.3) is 0 Å². The van der Waals surface area contributed by atoms with E-state index in [4.69, 9.17) is 21.1 Å². The molecule has 0 aliphatic carbocycles. The minimum Gasteiger partial charge on any atom is -0.454 e.